The van der Waals surface area contributed by atoms with Crippen molar-refractivity contribution in [3.63, 3.8) is 0 Å². The molecule has 0 aromatic heterocycles. The van der Waals surface area contributed by atoms with Crippen molar-refractivity contribution in [2.24, 2.45) is 22.7 Å². The largest absolute Gasteiger partial charge is 0.393 e. The summed E-state index contributed by atoms with van der Waals surface area (Å²) >= 11 is 0. The van der Waals surface area contributed by atoms with Crippen LogP contribution in [0.4, 0.5) is 0 Å². The molecule has 0 aromatic carbocycles. The normalized spacial score (nSPS) is 54.2. The summed E-state index contributed by atoms with van der Waals surface area (Å²) in [6.07, 6.45) is 6.24. The molecule has 0 radical (unpaired) electrons. The van der Waals surface area contributed by atoms with E-state index in [9.17, 15) is 5.11 Å². The highest BCUT2D eigenvalue weighted by molar-refractivity contribution is 5.13. The van der Waals surface area contributed by atoms with Gasteiger partial charge in [0.15, 0.2) is 5.79 Å². The molecule has 27 heavy (non-hydrogen) atoms. The third kappa shape index (κ3) is 2.93. The second kappa shape index (κ2) is 5.93. The van der Waals surface area contributed by atoms with Gasteiger partial charge in [0.2, 0.25) is 0 Å². The van der Waals surface area contributed by atoms with E-state index in [0.29, 0.717) is 18.4 Å². The molecule has 2 heterocycles. The van der Waals surface area contributed by atoms with E-state index < -0.39 is 5.79 Å². The van der Waals surface area contributed by atoms with E-state index in [1.165, 1.54) is 6.42 Å². The van der Waals surface area contributed by atoms with Crippen molar-refractivity contribution in [1.82, 2.24) is 0 Å². The standard InChI is InChI=1S/C23H40O4/c1-19(2)15-8-12-22(6)16(21(15,5)11-10-17(19)24)9-13-23(7,27-22)18-14-25-20(3,4)26-18/h15-18,24H,8-14H2,1-7H3/t15-,16+,17-,18-,21-,22+,23-/m1/s1. The van der Waals surface area contributed by atoms with Gasteiger partial charge in [-0.15, -0.1) is 0 Å². The predicted molar refractivity (Wildman–Crippen MR) is 105 cm³/mol. The maximum absolute atomic E-state index is 10.7. The Morgan fingerprint density at radius 1 is 0.778 bits per heavy atom. The lowest BCUT2D eigenvalue weighted by atomic mass is 9.44. The summed E-state index contributed by atoms with van der Waals surface area (Å²) in [5.41, 5.74) is -0.177. The molecule has 2 aliphatic carbocycles. The Hall–Kier alpha value is -0.160. The number of aliphatic hydroxyl groups excluding tert-OH is 1. The van der Waals surface area contributed by atoms with Crippen molar-refractivity contribution in [2.75, 3.05) is 6.61 Å². The molecule has 2 aliphatic heterocycles. The molecular weight excluding hydrogens is 340 g/mol. The van der Waals surface area contributed by atoms with Gasteiger partial charge < -0.3 is 19.3 Å². The molecule has 156 valence electrons. The number of rotatable bonds is 1. The van der Waals surface area contributed by atoms with Crippen molar-refractivity contribution in [3.8, 4) is 0 Å². The van der Waals surface area contributed by atoms with Crippen molar-refractivity contribution < 1.29 is 19.3 Å². The molecule has 4 heteroatoms. The molecule has 7 atom stereocenters. The fraction of sp³-hybridized carbons (Fsp3) is 1.00. The number of hydrogen-bond donors (Lipinski definition) is 1. The average molecular weight is 381 g/mol. The van der Waals surface area contributed by atoms with E-state index in [2.05, 4.69) is 34.6 Å². The molecular formula is C23H40O4. The molecule has 2 saturated carbocycles. The summed E-state index contributed by atoms with van der Waals surface area (Å²) in [5, 5.41) is 10.7. The van der Waals surface area contributed by atoms with Crippen LogP contribution in [-0.2, 0) is 14.2 Å². The highest BCUT2D eigenvalue weighted by Crippen LogP contribution is 2.65. The van der Waals surface area contributed by atoms with E-state index in [1.54, 1.807) is 0 Å². The van der Waals surface area contributed by atoms with Crippen LogP contribution in [-0.4, -0.2) is 40.9 Å². The second-order valence-electron chi connectivity index (χ2n) is 11.6. The summed E-state index contributed by atoms with van der Waals surface area (Å²) < 4.78 is 19.1. The van der Waals surface area contributed by atoms with E-state index in [0.717, 1.165) is 32.1 Å². The number of ether oxygens (including phenoxy) is 3. The lowest BCUT2D eigenvalue weighted by molar-refractivity contribution is -0.295. The Kier molecular flexibility index (Phi) is 4.42. The number of fused-ring (bicyclic) bond motifs is 3. The third-order valence-corrected chi connectivity index (χ3v) is 9.06. The lowest BCUT2D eigenvalue weighted by Gasteiger charge is -2.66. The predicted octanol–water partition coefficient (Wildman–Crippen LogP) is 4.68. The van der Waals surface area contributed by atoms with E-state index in [-0.39, 0.29) is 34.2 Å². The van der Waals surface area contributed by atoms with Crippen molar-refractivity contribution in [2.45, 2.75) is 116 Å². The molecule has 0 aromatic rings. The smallest absolute Gasteiger partial charge is 0.163 e. The number of hydrogen-bond acceptors (Lipinski definition) is 4. The van der Waals surface area contributed by atoms with Crippen molar-refractivity contribution in [3.05, 3.63) is 0 Å². The topological polar surface area (TPSA) is 47.9 Å². The van der Waals surface area contributed by atoms with Crippen LogP contribution in [0.2, 0.25) is 0 Å². The molecule has 0 unspecified atom stereocenters. The number of aliphatic hydroxyl groups is 1. The van der Waals surface area contributed by atoms with Gasteiger partial charge in [0.25, 0.3) is 0 Å². The van der Waals surface area contributed by atoms with E-state index in [1.807, 2.05) is 13.8 Å². The Balaban J connectivity index is 1.59. The van der Waals surface area contributed by atoms with Crippen molar-refractivity contribution in [1.29, 1.82) is 0 Å². The summed E-state index contributed by atoms with van der Waals surface area (Å²) in [6.45, 7) is 16.2. The second-order valence-corrected chi connectivity index (χ2v) is 11.6. The molecule has 0 spiro atoms. The molecule has 0 bridgehead atoms. The molecule has 4 nitrogen and oxygen atoms in total. The van der Waals surface area contributed by atoms with E-state index >= 15 is 0 Å². The zero-order chi connectivity index (χ0) is 19.9. The van der Waals surface area contributed by atoms with Gasteiger partial charge in [-0.3, -0.25) is 0 Å². The van der Waals surface area contributed by atoms with Gasteiger partial charge in [0.1, 0.15) is 6.10 Å². The minimum absolute atomic E-state index is 0.000392. The van der Waals surface area contributed by atoms with Crippen LogP contribution >= 0.6 is 0 Å². The fourth-order valence-corrected chi connectivity index (χ4v) is 7.48. The van der Waals surface area contributed by atoms with Crippen LogP contribution in [0.3, 0.4) is 0 Å². The first-order valence-electron chi connectivity index (χ1n) is 11.0. The monoisotopic (exact) mass is 380 g/mol. The van der Waals surface area contributed by atoms with Gasteiger partial charge in [0, 0.05) is 0 Å². The van der Waals surface area contributed by atoms with Crippen molar-refractivity contribution >= 4 is 0 Å². The maximum Gasteiger partial charge on any atom is 0.163 e. The Morgan fingerprint density at radius 2 is 1.41 bits per heavy atom. The van der Waals surface area contributed by atoms with Crippen LogP contribution in [0, 0.1) is 22.7 Å². The Labute approximate surface area is 165 Å². The molecule has 2 saturated heterocycles. The summed E-state index contributed by atoms with van der Waals surface area (Å²) in [4.78, 5) is 0. The van der Waals surface area contributed by atoms with Gasteiger partial charge in [-0.2, -0.15) is 0 Å². The van der Waals surface area contributed by atoms with Gasteiger partial charge in [-0.1, -0.05) is 20.8 Å². The van der Waals surface area contributed by atoms with Crippen LogP contribution in [0.5, 0.6) is 0 Å². The molecule has 4 aliphatic rings. The SMILES string of the molecule is CC1(C)OC[C@H]([C@@]2(C)CC[C@H]3[C@]4(C)CC[C@@H](O)C(C)(C)[C@H]4CC[C@]3(C)O2)O1. The molecule has 0 amide bonds. The minimum Gasteiger partial charge on any atom is -0.393 e. The van der Waals surface area contributed by atoms with Gasteiger partial charge >= 0.3 is 0 Å². The van der Waals surface area contributed by atoms with E-state index in [4.69, 9.17) is 14.2 Å². The Morgan fingerprint density at radius 3 is 2.04 bits per heavy atom. The maximum atomic E-state index is 10.7. The Bertz CT molecular complexity index is 601. The van der Waals surface area contributed by atoms with Crippen LogP contribution < -0.4 is 0 Å². The molecule has 1 N–H and O–H groups in total. The van der Waals surface area contributed by atoms with Crippen LogP contribution in [0.1, 0.15) is 87.0 Å². The van der Waals surface area contributed by atoms with Crippen LogP contribution in [0.15, 0.2) is 0 Å². The minimum atomic E-state index is -0.512. The zero-order valence-electron chi connectivity index (χ0n) is 18.4. The molecule has 4 rings (SSSR count). The zero-order valence-corrected chi connectivity index (χ0v) is 18.4. The first-order valence-corrected chi connectivity index (χ1v) is 11.0. The highest BCUT2D eigenvalue weighted by Gasteiger charge is 2.64. The quantitative estimate of drug-likeness (QED) is 0.717. The van der Waals surface area contributed by atoms with Gasteiger partial charge in [-0.25, -0.2) is 0 Å². The van der Waals surface area contributed by atoms with Gasteiger partial charge in [-0.05, 0) is 88.9 Å². The van der Waals surface area contributed by atoms with Gasteiger partial charge in [0.05, 0.1) is 23.9 Å². The first-order chi connectivity index (χ1) is 12.3. The first kappa shape index (κ1) is 20.1. The van der Waals surface area contributed by atoms with Crippen LogP contribution in [0.25, 0.3) is 0 Å². The average Bonchev–Trinajstić information content (AvgIpc) is 2.91. The highest BCUT2D eigenvalue weighted by atomic mass is 16.8. The third-order valence-electron chi connectivity index (χ3n) is 9.06. The fourth-order valence-electron chi connectivity index (χ4n) is 7.48. The summed E-state index contributed by atoms with van der Waals surface area (Å²) in [6, 6.07) is 0. The summed E-state index contributed by atoms with van der Waals surface area (Å²) in [5.74, 6) is 0.589. The molecule has 4 fully saturated rings. The lowest BCUT2D eigenvalue weighted by Crippen LogP contribution is -2.66. The summed E-state index contributed by atoms with van der Waals surface area (Å²) in [7, 11) is 0.